The molecular weight excluding hydrogens is 191 g/mol. The molecule has 1 saturated heterocycles. The SMILES string of the molecule is CC(C)(C)P1(=S)OCCCCO1. The molecule has 2 nitrogen and oxygen atoms in total. The highest BCUT2D eigenvalue weighted by Gasteiger charge is 2.35. The second-order valence-corrected chi connectivity index (χ2v) is 8.34. The summed E-state index contributed by atoms with van der Waals surface area (Å²) < 4.78 is 11.3. The highest BCUT2D eigenvalue weighted by atomic mass is 32.5. The van der Waals surface area contributed by atoms with Gasteiger partial charge in [0.1, 0.15) is 0 Å². The molecule has 0 spiro atoms. The van der Waals surface area contributed by atoms with E-state index in [0.717, 1.165) is 26.1 Å². The van der Waals surface area contributed by atoms with Crippen LogP contribution in [0.1, 0.15) is 33.6 Å². The second kappa shape index (κ2) is 3.75. The summed E-state index contributed by atoms with van der Waals surface area (Å²) in [5.41, 5.74) is 0. The van der Waals surface area contributed by atoms with Crippen LogP contribution in [-0.4, -0.2) is 18.4 Å². The van der Waals surface area contributed by atoms with E-state index < -0.39 is 6.49 Å². The Kier molecular flexibility index (Phi) is 3.33. The van der Waals surface area contributed by atoms with E-state index in [1.54, 1.807) is 0 Å². The zero-order valence-electron chi connectivity index (χ0n) is 8.00. The maximum atomic E-state index is 5.66. The van der Waals surface area contributed by atoms with Gasteiger partial charge in [0, 0.05) is 5.16 Å². The first kappa shape index (κ1) is 10.6. The molecule has 0 atom stereocenters. The molecule has 0 saturated carbocycles. The summed E-state index contributed by atoms with van der Waals surface area (Å²) >= 11 is 5.44. The van der Waals surface area contributed by atoms with Crippen molar-refractivity contribution in [1.82, 2.24) is 0 Å². The summed E-state index contributed by atoms with van der Waals surface area (Å²) in [5, 5.41) is -0.0212. The summed E-state index contributed by atoms with van der Waals surface area (Å²) in [6.07, 6.45) is 2.16. The van der Waals surface area contributed by atoms with Crippen LogP contribution in [0.3, 0.4) is 0 Å². The van der Waals surface area contributed by atoms with E-state index in [4.69, 9.17) is 20.9 Å². The van der Waals surface area contributed by atoms with E-state index in [1.807, 2.05) is 0 Å². The van der Waals surface area contributed by atoms with Gasteiger partial charge >= 0.3 is 0 Å². The third-order valence-electron chi connectivity index (χ3n) is 1.88. The highest BCUT2D eigenvalue weighted by molar-refractivity contribution is 8.10. The minimum atomic E-state index is -2.01. The Morgan fingerprint density at radius 3 is 1.83 bits per heavy atom. The standard InChI is InChI=1S/C8H17O2PS/c1-8(2,3)11(12)9-6-4-5-7-10-11/h4-7H2,1-3H3. The van der Waals surface area contributed by atoms with Crippen LogP contribution in [0, 0.1) is 0 Å². The molecule has 1 rings (SSSR count). The molecule has 0 unspecified atom stereocenters. The molecule has 1 heterocycles. The molecule has 0 amide bonds. The lowest BCUT2D eigenvalue weighted by Gasteiger charge is -2.32. The fraction of sp³-hybridized carbons (Fsp3) is 1.00. The van der Waals surface area contributed by atoms with E-state index >= 15 is 0 Å². The van der Waals surface area contributed by atoms with Gasteiger partial charge in [0.25, 0.3) is 0 Å². The Morgan fingerprint density at radius 2 is 1.50 bits per heavy atom. The van der Waals surface area contributed by atoms with Crippen molar-refractivity contribution in [2.24, 2.45) is 0 Å². The van der Waals surface area contributed by atoms with Crippen molar-refractivity contribution in [3.05, 3.63) is 0 Å². The maximum Gasteiger partial charge on any atom is 0.194 e. The smallest absolute Gasteiger partial charge is 0.194 e. The van der Waals surface area contributed by atoms with Crippen LogP contribution < -0.4 is 0 Å². The van der Waals surface area contributed by atoms with Crippen LogP contribution in [-0.2, 0) is 20.9 Å². The molecule has 1 fully saturated rings. The second-order valence-electron chi connectivity index (χ2n) is 4.04. The van der Waals surface area contributed by atoms with Gasteiger partial charge in [-0.3, -0.25) is 0 Å². The van der Waals surface area contributed by atoms with Gasteiger partial charge < -0.3 is 9.05 Å². The minimum Gasteiger partial charge on any atom is -0.329 e. The molecule has 1 aliphatic heterocycles. The first-order chi connectivity index (χ1) is 5.46. The summed E-state index contributed by atoms with van der Waals surface area (Å²) in [4.78, 5) is 0. The molecule has 0 bridgehead atoms. The van der Waals surface area contributed by atoms with E-state index in [2.05, 4.69) is 20.8 Å². The van der Waals surface area contributed by atoms with Gasteiger partial charge in [0.05, 0.1) is 13.2 Å². The van der Waals surface area contributed by atoms with Gasteiger partial charge in [-0.25, -0.2) is 0 Å². The van der Waals surface area contributed by atoms with Crippen molar-refractivity contribution in [2.45, 2.75) is 38.8 Å². The van der Waals surface area contributed by atoms with Crippen molar-refractivity contribution in [1.29, 1.82) is 0 Å². The monoisotopic (exact) mass is 208 g/mol. The fourth-order valence-corrected chi connectivity index (χ4v) is 3.03. The lowest BCUT2D eigenvalue weighted by atomic mass is 10.3. The average Bonchev–Trinajstić information content (AvgIpc) is 2.12. The van der Waals surface area contributed by atoms with Crippen molar-refractivity contribution in [3.63, 3.8) is 0 Å². The highest BCUT2D eigenvalue weighted by Crippen LogP contribution is 2.60. The normalized spacial score (nSPS) is 24.9. The van der Waals surface area contributed by atoms with Crippen molar-refractivity contribution in [3.8, 4) is 0 Å². The summed E-state index contributed by atoms with van der Waals surface area (Å²) in [7, 11) is 0. The Morgan fingerprint density at radius 1 is 1.08 bits per heavy atom. The lowest BCUT2D eigenvalue weighted by Crippen LogP contribution is -2.17. The maximum absolute atomic E-state index is 5.66. The van der Waals surface area contributed by atoms with Gasteiger partial charge in [-0.2, -0.15) is 0 Å². The Balaban J connectivity index is 2.74. The van der Waals surface area contributed by atoms with Gasteiger partial charge in [0.15, 0.2) is 6.49 Å². The molecule has 72 valence electrons. The van der Waals surface area contributed by atoms with E-state index in [0.29, 0.717) is 0 Å². The van der Waals surface area contributed by atoms with Crippen molar-refractivity contribution >= 4 is 18.3 Å². The van der Waals surface area contributed by atoms with Crippen LogP contribution in [0.15, 0.2) is 0 Å². The summed E-state index contributed by atoms with van der Waals surface area (Å²) in [5.74, 6) is 0. The van der Waals surface area contributed by atoms with E-state index in [-0.39, 0.29) is 5.16 Å². The quantitative estimate of drug-likeness (QED) is 0.570. The third-order valence-corrected chi connectivity index (χ3v) is 6.85. The molecule has 0 aromatic rings. The number of rotatable bonds is 0. The lowest BCUT2D eigenvalue weighted by molar-refractivity contribution is 0.273. The van der Waals surface area contributed by atoms with Crippen LogP contribution in [0.5, 0.6) is 0 Å². The zero-order valence-corrected chi connectivity index (χ0v) is 9.71. The van der Waals surface area contributed by atoms with Crippen molar-refractivity contribution < 1.29 is 9.05 Å². The molecular formula is C8H17O2PS. The predicted octanol–water partition coefficient (Wildman–Crippen LogP) is 2.92. The Hall–Kier alpha value is 0.570. The zero-order chi connectivity index (χ0) is 9.24. The minimum absolute atomic E-state index is 0.0212. The Bertz CT molecular complexity index is 186. The largest absolute Gasteiger partial charge is 0.329 e. The van der Waals surface area contributed by atoms with Crippen LogP contribution in [0.4, 0.5) is 0 Å². The van der Waals surface area contributed by atoms with Crippen molar-refractivity contribution in [2.75, 3.05) is 13.2 Å². The molecule has 1 aliphatic rings. The van der Waals surface area contributed by atoms with Gasteiger partial charge in [-0.15, -0.1) is 0 Å². The van der Waals surface area contributed by atoms with Gasteiger partial charge in [0.2, 0.25) is 0 Å². The molecule has 0 N–H and O–H groups in total. The van der Waals surface area contributed by atoms with Gasteiger partial charge in [-0.05, 0) is 24.6 Å². The van der Waals surface area contributed by atoms with Crippen LogP contribution >= 0.6 is 6.49 Å². The summed E-state index contributed by atoms with van der Waals surface area (Å²) in [6, 6.07) is 0. The molecule has 0 radical (unpaired) electrons. The molecule has 0 aliphatic carbocycles. The van der Waals surface area contributed by atoms with E-state index in [9.17, 15) is 0 Å². The Labute approximate surface area is 79.8 Å². The average molecular weight is 208 g/mol. The molecule has 4 heteroatoms. The van der Waals surface area contributed by atoms with Crippen LogP contribution in [0.2, 0.25) is 0 Å². The first-order valence-corrected chi connectivity index (χ1v) is 6.99. The fourth-order valence-electron chi connectivity index (χ4n) is 0.998. The predicted molar refractivity (Wildman–Crippen MR) is 55.2 cm³/mol. The summed E-state index contributed by atoms with van der Waals surface area (Å²) in [6.45, 7) is 5.83. The number of hydrogen-bond acceptors (Lipinski definition) is 3. The molecule has 12 heavy (non-hydrogen) atoms. The van der Waals surface area contributed by atoms with Gasteiger partial charge in [-0.1, -0.05) is 20.8 Å². The topological polar surface area (TPSA) is 18.5 Å². The molecule has 0 aromatic carbocycles. The number of hydrogen-bond donors (Lipinski definition) is 0. The third kappa shape index (κ3) is 2.29. The van der Waals surface area contributed by atoms with Crippen LogP contribution in [0.25, 0.3) is 0 Å². The first-order valence-electron chi connectivity index (χ1n) is 4.35. The molecule has 0 aromatic heterocycles. The van der Waals surface area contributed by atoms with E-state index in [1.165, 1.54) is 0 Å².